The van der Waals surface area contributed by atoms with Gasteiger partial charge < -0.3 is 10.6 Å². The molecule has 2 aliphatic carbocycles. The number of rotatable bonds is 6. The first-order valence-electron chi connectivity index (χ1n) is 7.43. The lowest BCUT2D eigenvalue weighted by Gasteiger charge is -2.26. The predicted octanol–water partition coefficient (Wildman–Crippen LogP) is 3.99. The second-order valence-electron chi connectivity index (χ2n) is 6.29. The van der Waals surface area contributed by atoms with E-state index in [1.807, 2.05) is 6.92 Å². The summed E-state index contributed by atoms with van der Waals surface area (Å²) in [5, 5.41) is 0.809. The molecule has 2 nitrogen and oxygen atoms in total. The van der Waals surface area contributed by atoms with Crippen molar-refractivity contribution in [2.24, 2.45) is 17.6 Å². The third-order valence-corrected chi connectivity index (χ3v) is 4.52. The van der Waals surface area contributed by atoms with Crippen molar-refractivity contribution in [3.05, 3.63) is 28.8 Å². The minimum absolute atomic E-state index is 0.00173. The number of nitrogens with two attached hydrogens (primary N) is 1. The first-order chi connectivity index (χ1) is 9.13. The number of benzene rings is 1. The van der Waals surface area contributed by atoms with E-state index in [0.29, 0.717) is 0 Å². The summed E-state index contributed by atoms with van der Waals surface area (Å²) in [6, 6.07) is 6.39. The van der Waals surface area contributed by atoms with Crippen LogP contribution in [0.2, 0.25) is 5.02 Å². The molecule has 2 aliphatic rings. The third-order valence-electron chi connectivity index (χ3n) is 4.19. The number of hydrogen-bond donors (Lipinski definition) is 1. The smallest absolute Gasteiger partial charge is 0.0474 e. The summed E-state index contributed by atoms with van der Waals surface area (Å²) in [6.07, 6.45) is 5.58. The molecule has 1 unspecified atom stereocenters. The van der Waals surface area contributed by atoms with Crippen LogP contribution < -0.4 is 10.6 Å². The monoisotopic (exact) mass is 278 g/mol. The molecule has 0 heterocycles. The number of nitrogens with zero attached hydrogens (tertiary/aromatic N) is 1. The molecule has 19 heavy (non-hydrogen) atoms. The molecule has 0 amide bonds. The summed E-state index contributed by atoms with van der Waals surface area (Å²) in [4.78, 5) is 2.53. The van der Waals surface area contributed by atoms with Crippen LogP contribution in [0.25, 0.3) is 0 Å². The lowest BCUT2D eigenvalue weighted by Crippen LogP contribution is -2.28. The van der Waals surface area contributed by atoms with E-state index >= 15 is 0 Å². The molecular formula is C16H23ClN2. The average molecular weight is 279 g/mol. The summed E-state index contributed by atoms with van der Waals surface area (Å²) in [5.74, 6) is 1.82. The van der Waals surface area contributed by atoms with E-state index in [2.05, 4.69) is 23.1 Å². The van der Waals surface area contributed by atoms with Crippen LogP contribution in [-0.2, 0) is 0 Å². The van der Waals surface area contributed by atoms with Gasteiger partial charge in [-0.1, -0.05) is 17.7 Å². The minimum Gasteiger partial charge on any atom is -0.371 e. The van der Waals surface area contributed by atoms with Crippen molar-refractivity contribution < 1.29 is 0 Å². The lowest BCUT2D eigenvalue weighted by molar-refractivity contribution is 0.679. The fraction of sp³-hybridized carbons (Fsp3) is 0.625. The van der Waals surface area contributed by atoms with Crippen LogP contribution in [0.5, 0.6) is 0 Å². The van der Waals surface area contributed by atoms with Gasteiger partial charge in [0.15, 0.2) is 0 Å². The Bertz CT molecular complexity index is 436. The lowest BCUT2D eigenvalue weighted by atomic mass is 10.1. The molecule has 2 saturated carbocycles. The van der Waals surface area contributed by atoms with Gasteiger partial charge in [-0.3, -0.25) is 0 Å². The van der Waals surface area contributed by atoms with Crippen LogP contribution in [0.1, 0.15) is 44.2 Å². The van der Waals surface area contributed by atoms with Gasteiger partial charge >= 0.3 is 0 Å². The summed E-state index contributed by atoms with van der Waals surface area (Å²) in [5.41, 5.74) is 8.24. The quantitative estimate of drug-likeness (QED) is 0.853. The molecule has 0 bridgehead atoms. The van der Waals surface area contributed by atoms with Gasteiger partial charge in [0.05, 0.1) is 0 Å². The highest BCUT2D eigenvalue weighted by Crippen LogP contribution is 2.37. The second kappa shape index (κ2) is 5.34. The van der Waals surface area contributed by atoms with Gasteiger partial charge in [-0.05, 0) is 62.1 Å². The normalized spacial score (nSPS) is 20.4. The summed E-state index contributed by atoms with van der Waals surface area (Å²) in [6.45, 7) is 4.38. The predicted molar refractivity (Wildman–Crippen MR) is 81.7 cm³/mol. The fourth-order valence-corrected chi connectivity index (χ4v) is 2.94. The summed E-state index contributed by atoms with van der Waals surface area (Å²) >= 11 is 6.37. The molecule has 0 aliphatic heterocycles. The molecule has 3 heteroatoms. The molecule has 1 atom stereocenters. The van der Waals surface area contributed by atoms with E-state index in [1.54, 1.807) is 0 Å². The van der Waals surface area contributed by atoms with Crippen LogP contribution >= 0.6 is 11.6 Å². The van der Waals surface area contributed by atoms with Crippen molar-refractivity contribution >= 4 is 17.3 Å². The van der Waals surface area contributed by atoms with Crippen molar-refractivity contribution in [2.45, 2.75) is 38.6 Å². The molecule has 1 aromatic carbocycles. The van der Waals surface area contributed by atoms with E-state index in [-0.39, 0.29) is 6.04 Å². The zero-order valence-electron chi connectivity index (χ0n) is 11.6. The Morgan fingerprint density at radius 2 is 1.79 bits per heavy atom. The maximum Gasteiger partial charge on any atom is 0.0474 e. The number of anilines is 1. The average Bonchev–Trinajstić information content (AvgIpc) is 3.22. The molecule has 1 aromatic rings. The van der Waals surface area contributed by atoms with Crippen molar-refractivity contribution in [3.8, 4) is 0 Å². The Balaban J connectivity index is 1.77. The zero-order chi connectivity index (χ0) is 13.4. The van der Waals surface area contributed by atoms with Gasteiger partial charge in [-0.15, -0.1) is 0 Å². The van der Waals surface area contributed by atoms with Gasteiger partial charge in [0.2, 0.25) is 0 Å². The van der Waals surface area contributed by atoms with Crippen LogP contribution in [0.3, 0.4) is 0 Å². The number of hydrogen-bond acceptors (Lipinski definition) is 2. The Morgan fingerprint density at radius 1 is 1.21 bits per heavy atom. The van der Waals surface area contributed by atoms with E-state index in [1.165, 1.54) is 44.5 Å². The molecule has 0 radical (unpaired) electrons. The SMILES string of the molecule is CC(N)c1ccc(N(CC2CC2)CC2CC2)cc1Cl. The highest BCUT2D eigenvalue weighted by Gasteiger charge is 2.29. The molecule has 0 aromatic heterocycles. The van der Waals surface area contributed by atoms with Crippen molar-refractivity contribution in [3.63, 3.8) is 0 Å². The van der Waals surface area contributed by atoms with Crippen molar-refractivity contribution in [2.75, 3.05) is 18.0 Å². The Morgan fingerprint density at radius 3 is 2.21 bits per heavy atom. The number of halogens is 1. The Kier molecular flexibility index (Phi) is 3.72. The van der Waals surface area contributed by atoms with Gasteiger partial charge in [0.1, 0.15) is 0 Å². The van der Waals surface area contributed by atoms with E-state index < -0.39 is 0 Å². The third kappa shape index (κ3) is 3.43. The molecule has 2 N–H and O–H groups in total. The van der Waals surface area contributed by atoms with E-state index in [9.17, 15) is 0 Å². The maximum absolute atomic E-state index is 6.37. The highest BCUT2D eigenvalue weighted by molar-refractivity contribution is 6.31. The molecule has 2 fully saturated rings. The minimum atomic E-state index is 0.00173. The second-order valence-corrected chi connectivity index (χ2v) is 6.69. The van der Waals surface area contributed by atoms with E-state index in [4.69, 9.17) is 17.3 Å². The Labute approximate surface area is 120 Å². The molecular weight excluding hydrogens is 256 g/mol. The largest absolute Gasteiger partial charge is 0.371 e. The Hall–Kier alpha value is -0.730. The van der Waals surface area contributed by atoms with E-state index in [0.717, 1.165) is 22.4 Å². The van der Waals surface area contributed by atoms with Crippen LogP contribution in [-0.4, -0.2) is 13.1 Å². The molecule has 0 saturated heterocycles. The van der Waals surface area contributed by atoms with Crippen molar-refractivity contribution in [1.82, 2.24) is 0 Å². The summed E-state index contributed by atoms with van der Waals surface area (Å²) in [7, 11) is 0. The standard InChI is InChI=1S/C16H23ClN2/c1-11(18)15-7-6-14(8-16(15)17)19(9-12-2-3-12)10-13-4-5-13/h6-8,11-13H,2-5,9-10,18H2,1H3. The van der Waals surface area contributed by atoms with Crippen LogP contribution in [0.15, 0.2) is 18.2 Å². The topological polar surface area (TPSA) is 29.3 Å². The first-order valence-corrected chi connectivity index (χ1v) is 7.81. The molecule has 0 spiro atoms. The van der Waals surface area contributed by atoms with Gasteiger partial charge in [0, 0.05) is 29.8 Å². The first kappa shape index (κ1) is 13.3. The van der Waals surface area contributed by atoms with Gasteiger partial charge in [0.25, 0.3) is 0 Å². The molecule has 104 valence electrons. The highest BCUT2D eigenvalue weighted by atomic mass is 35.5. The van der Waals surface area contributed by atoms with Gasteiger partial charge in [-0.25, -0.2) is 0 Å². The maximum atomic E-state index is 6.37. The molecule has 3 rings (SSSR count). The van der Waals surface area contributed by atoms with Crippen LogP contribution in [0, 0.1) is 11.8 Å². The van der Waals surface area contributed by atoms with Crippen molar-refractivity contribution in [1.29, 1.82) is 0 Å². The van der Waals surface area contributed by atoms with Crippen LogP contribution in [0.4, 0.5) is 5.69 Å². The van der Waals surface area contributed by atoms with Gasteiger partial charge in [-0.2, -0.15) is 0 Å². The fourth-order valence-electron chi connectivity index (χ4n) is 2.59. The zero-order valence-corrected chi connectivity index (χ0v) is 12.4. The summed E-state index contributed by atoms with van der Waals surface area (Å²) < 4.78 is 0.